The maximum Gasteiger partial charge on any atom is 0.0120 e. The lowest BCUT2D eigenvalue weighted by Gasteiger charge is -2.04. The van der Waals surface area contributed by atoms with Crippen molar-refractivity contribution in [2.45, 2.75) is 20.8 Å². The monoisotopic (exact) mass is 189 g/mol. The fourth-order valence-corrected chi connectivity index (χ4v) is 0.989. The van der Waals surface area contributed by atoms with E-state index in [0.717, 1.165) is 22.4 Å². The van der Waals surface area contributed by atoms with Gasteiger partial charge in [0.1, 0.15) is 0 Å². The van der Waals surface area contributed by atoms with E-state index in [1.165, 1.54) is 0 Å². The number of rotatable bonds is 5. The van der Waals surface area contributed by atoms with E-state index in [0.29, 0.717) is 0 Å². The Labute approximate surface area is 87.2 Å². The van der Waals surface area contributed by atoms with Crippen LogP contribution < -0.4 is 5.32 Å². The van der Waals surface area contributed by atoms with Gasteiger partial charge < -0.3 is 5.32 Å². The van der Waals surface area contributed by atoms with Gasteiger partial charge in [-0.2, -0.15) is 0 Å². The minimum Gasteiger partial charge on any atom is -0.366 e. The van der Waals surface area contributed by atoms with E-state index in [2.05, 4.69) is 25.1 Å². The second kappa shape index (κ2) is 6.03. The minimum atomic E-state index is 1.02. The van der Waals surface area contributed by atoms with Gasteiger partial charge in [-0.3, -0.25) is 0 Å². The quantitative estimate of drug-likeness (QED) is 0.650. The van der Waals surface area contributed by atoms with Gasteiger partial charge in [-0.15, -0.1) is 0 Å². The molecule has 0 aliphatic heterocycles. The van der Waals surface area contributed by atoms with Crippen molar-refractivity contribution in [3.63, 3.8) is 0 Å². The molecule has 0 aliphatic rings. The van der Waals surface area contributed by atoms with E-state index in [1.807, 2.05) is 32.9 Å². The van der Waals surface area contributed by atoms with Crippen molar-refractivity contribution < 1.29 is 0 Å². The number of allylic oxidation sites excluding steroid dienone is 6. The molecule has 1 heteroatoms. The maximum atomic E-state index is 3.91. The highest BCUT2D eigenvalue weighted by atomic mass is 14.8. The van der Waals surface area contributed by atoms with Crippen LogP contribution in [0.15, 0.2) is 60.5 Å². The van der Waals surface area contributed by atoms with Crippen LogP contribution in [0, 0.1) is 0 Å². The third-order valence-corrected chi connectivity index (χ3v) is 1.60. The van der Waals surface area contributed by atoms with Gasteiger partial charge in [-0.25, -0.2) is 0 Å². The molecule has 0 atom stereocenters. The van der Waals surface area contributed by atoms with Crippen molar-refractivity contribution in [1.82, 2.24) is 5.32 Å². The molecule has 0 aliphatic carbocycles. The van der Waals surface area contributed by atoms with Crippen molar-refractivity contribution in [3.8, 4) is 0 Å². The molecule has 0 aromatic heterocycles. The summed E-state index contributed by atoms with van der Waals surface area (Å²) in [7, 11) is 0. The standard InChI is InChI=1S/C13H19N/c1-7-14-12(6)9-13(11(4)5)8-10(2)3/h7-9,14H,1-2,4H2,3,5-6H3/b12-9+,13-8+. The smallest absolute Gasteiger partial charge is 0.0120 e. The zero-order valence-corrected chi connectivity index (χ0v) is 9.35. The number of nitrogens with one attached hydrogen (secondary N) is 1. The van der Waals surface area contributed by atoms with Crippen LogP contribution in [-0.2, 0) is 0 Å². The summed E-state index contributed by atoms with van der Waals surface area (Å²) in [6.45, 7) is 17.3. The van der Waals surface area contributed by atoms with Gasteiger partial charge in [0.25, 0.3) is 0 Å². The molecule has 0 heterocycles. The molecule has 0 saturated heterocycles. The van der Waals surface area contributed by atoms with E-state index < -0.39 is 0 Å². The summed E-state index contributed by atoms with van der Waals surface area (Å²) in [5.74, 6) is 0. The molecule has 0 spiro atoms. The number of hydrogen-bond donors (Lipinski definition) is 1. The highest BCUT2D eigenvalue weighted by molar-refractivity contribution is 5.42. The summed E-state index contributed by atoms with van der Waals surface area (Å²) < 4.78 is 0. The Morgan fingerprint density at radius 2 is 1.64 bits per heavy atom. The Hall–Kier alpha value is -1.50. The molecule has 14 heavy (non-hydrogen) atoms. The first kappa shape index (κ1) is 12.5. The lowest BCUT2D eigenvalue weighted by Crippen LogP contribution is -2.00. The molecule has 1 nitrogen and oxygen atoms in total. The van der Waals surface area contributed by atoms with Crippen LogP contribution >= 0.6 is 0 Å². The highest BCUT2D eigenvalue weighted by Gasteiger charge is 1.94. The third kappa shape index (κ3) is 5.20. The van der Waals surface area contributed by atoms with Crippen LogP contribution in [0.5, 0.6) is 0 Å². The molecule has 0 saturated carbocycles. The van der Waals surface area contributed by atoms with Crippen LogP contribution in [-0.4, -0.2) is 0 Å². The Bertz CT molecular complexity index is 303. The average molecular weight is 189 g/mol. The maximum absolute atomic E-state index is 3.91. The predicted octanol–water partition coefficient (Wildman–Crippen LogP) is 3.70. The molecule has 0 fully saturated rings. The number of hydrogen-bond acceptors (Lipinski definition) is 1. The molecular formula is C13H19N. The Kier molecular flexibility index (Phi) is 5.38. The van der Waals surface area contributed by atoms with Crippen molar-refractivity contribution in [3.05, 3.63) is 60.5 Å². The van der Waals surface area contributed by atoms with Crippen molar-refractivity contribution >= 4 is 0 Å². The minimum absolute atomic E-state index is 1.02. The summed E-state index contributed by atoms with van der Waals surface area (Å²) in [6, 6.07) is 0. The Morgan fingerprint density at radius 1 is 1.07 bits per heavy atom. The zero-order valence-electron chi connectivity index (χ0n) is 9.35. The topological polar surface area (TPSA) is 12.0 Å². The summed E-state index contributed by atoms with van der Waals surface area (Å²) >= 11 is 0. The first-order valence-electron chi connectivity index (χ1n) is 4.56. The largest absolute Gasteiger partial charge is 0.366 e. The SMILES string of the molecule is C=CN/C(C)=C/C(=C\C(=C)C)C(=C)C. The molecule has 0 aromatic carbocycles. The average Bonchev–Trinajstić information content (AvgIpc) is 2.02. The highest BCUT2D eigenvalue weighted by Crippen LogP contribution is 2.12. The fourth-order valence-electron chi connectivity index (χ4n) is 0.989. The normalized spacial score (nSPS) is 12.2. The first-order chi connectivity index (χ1) is 6.47. The fraction of sp³-hybridized carbons (Fsp3) is 0.231. The zero-order chi connectivity index (χ0) is 11.1. The van der Waals surface area contributed by atoms with Gasteiger partial charge in [-0.05, 0) is 38.6 Å². The molecule has 0 bridgehead atoms. The second-order valence-corrected chi connectivity index (χ2v) is 3.40. The Balaban J connectivity index is 4.86. The van der Waals surface area contributed by atoms with E-state index in [4.69, 9.17) is 0 Å². The van der Waals surface area contributed by atoms with Gasteiger partial charge >= 0.3 is 0 Å². The van der Waals surface area contributed by atoms with Crippen molar-refractivity contribution in [2.24, 2.45) is 0 Å². The van der Waals surface area contributed by atoms with E-state index >= 15 is 0 Å². The lowest BCUT2D eigenvalue weighted by molar-refractivity contribution is 1.06. The second-order valence-electron chi connectivity index (χ2n) is 3.40. The molecular weight excluding hydrogens is 170 g/mol. The molecule has 0 radical (unpaired) electrons. The summed E-state index contributed by atoms with van der Waals surface area (Å²) in [4.78, 5) is 0. The summed E-state index contributed by atoms with van der Waals surface area (Å²) in [6.07, 6.45) is 5.69. The third-order valence-electron chi connectivity index (χ3n) is 1.60. The van der Waals surface area contributed by atoms with Crippen LogP contribution in [0.25, 0.3) is 0 Å². The summed E-state index contributed by atoms with van der Waals surface area (Å²) in [5.41, 5.74) is 4.17. The Morgan fingerprint density at radius 3 is 2.00 bits per heavy atom. The molecule has 0 unspecified atom stereocenters. The predicted molar refractivity (Wildman–Crippen MR) is 64.8 cm³/mol. The van der Waals surface area contributed by atoms with Gasteiger partial charge in [0.2, 0.25) is 0 Å². The summed E-state index contributed by atoms with van der Waals surface area (Å²) in [5, 5.41) is 3.02. The molecule has 1 N–H and O–H groups in total. The van der Waals surface area contributed by atoms with E-state index in [9.17, 15) is 0 Å². The van der Waals surface area contributed by atoms with E-state index in [1.54, 1.807) is 6.20 Å². The molecule has 0 amide bonds. The van der Waals surface area contributed by atoms with Gasteiger partial charge in [0.05, 0.1) is 0 Å². The van der Waals surface area contributed by atoms with Crippen LogP contribution in [0.3, 0.4) is 0 Å². The van der Waals surface area contributed by atoms with E-state index in [-0.39, 0.29) is 0 Å². The van der Waals surface area contributed by atoms with Crippen molar-refractivity contribution in [2.75, 3.05) is 0 Å². The molecule has 76 valence electrons. The van der Waals surface area contributed by atoms with Gasteiger partial charge in [-0.1, -0.05) is 37.0 Å². The molecule has 0 aromatic rings. The van der Waals surface area contributed by atoms with Crippen molar-refractivity contribution in [1.29, 1.82) is 0 Å². The lowest BCUT2D eigenvalue weighted by atomic mass is 10.1. The van der Waals surface area contributed by atoms with Gasteiger partial charge in [0, 0.05) is 5.70 Å². The molecule has 0 rings (SSSR count). The first-order valence-corrected chi connectivity index (χ1v) is 4.56. The van der Waals surface area contributed by atoms with Gasteiger partial charge in [0.15, 0.2) is 0 Å². The van der Waals surface area contributed by atoms with Crippen LogP contribution in [0.1, 0.15) is 20.8 Å². The van der Waals surface area contributed by atoms with Crippen LogP contribution in [0.2, 0.25) is 0 Å². The van der Waals surface area contributed by atoms with Crippen LogP contribution in [0.4, 0.5) is 0 Å².